The van der Waals surface area contributed by atoms with Gasteiger partial charge in [-0.2, -0.15) is 5.10 Å². The molecular weight excluding hydrogens is 317 g/mol. The quantitative estimate of drug-likeness (QED) is 0.772. The Kier molecular flexibility index (Phi) is 6.57. The average Bonchev–Trinajstić information content (AvgIpc) is 2.80. The number of hydrogen-bond donors (Lipinski definition) is 2. The lowest BCUT2D eigenvalue weighted by Crippen LogP contribution is -2.22. The van der Waals surface area contributed by atoms with Crippen LogP contribution in [0.15, 0.2) is 24.3 Å². The number of benzene rings is 1. The fourth-order valence-corrected chi connectivity index (χ4v) is 2.76. The van der Waals surface area contributed by atoms with Crippen molar-refractivity contribution in [1.82, 2.24) is 15.1 Å². The molecule has 0 fully saturated rings. The summed E-state index contributed by atoms with van der Waals surface area (Å²) in [6, 6.07) is 6.24. The predicted molar refractivity (Wildman–Crippen MR) is 89.9 cm³/mol. The van der Waals surface area contributed by atoms with E-state index in [9.17, 15) is 9.50 Å². The van der Waals surface area contributed by atoms with Gasteiger partial charge in [-0.15, -0.1) is 0 Å². The summed E-state index contributed by atoms with van der Waals surface area (Å²) in [5.41, 5.74) is 2.09. The summed E-state index contributed by atoms with van der Waals surface area (Å²) in [6.45, 7) is 5.57. The van der Waals surface area contributed by atoms with Crippen LogP contribution in [-0.4, -0.2) is 21.4 Å². The molecule has 0 aliphatic carbocycles. The number of hydrogen-bond acceptors (Lipinski definition) is 3. The van der Waals surface area contributed by atoms with Crippen LogP contribution in [0.4, 0.5) is 4.39 Å². The van der Waals surface area contributed by atoms with Gasteiger partial charge in [-0.05, 0) is 19.4 Å². The normalized spacial score (nSPS) is 12.6. The second-order valence-corrected chi connectivity index (χ2v) is 5.96. The lowest BCUT2D eigenvalue weighted by atomic mass is 10.1. The minimum absolute atomic E-state index is 0.247. The zero-order valence-corrected chi connectivity index (χ0v) is 14.3. The van der Waals surface area contributed by atoms with Crippen LogP contribution >= 0.6 is 11.6 Å². The largest absolute Gasteiger partial charge is 0.387 e. The van der Waals surface area contributed by atoms with Crippen LogP contribution in [0.5, 0.6) is 0 Å². The first-order chi connectivity index (χ1) is 11.0. The summed E-state index contributed by atoms with van der Waals surface area (Å²) >= 11 is 6.36. The SMILES string of the molecule is CCCCn1nc(C)c(CNCC(O)c2ccccc2F)c1Cl. The molecule has 2 N–H and O–H groups in total. The summed E-state index contributed by atoms with van der Waals surface area (Å²) < 4.78 is 15.4. The summed E-state index contributed by atoms with van der Waals surface area (Å²) in [5, 5.41) is 18.3. The van der Waals surface area contributed by atoms with Crippen molar-refractivity contribution in [3.8, 4) is 0 Å². The molecule has 1 aromatic heterocycles. The highest BCUT2D eigenvalue weighted by molar-refractivity contribution is 6.30. The third-order valence-electron chi connectivity index (χ3n) is 3.81. The number of aryl methyl sites for hydroxylation is 2. The van der Waals surface area contributed by atoms with Gasteiger partial charge in [0.15, 0.2) is 0 Å². The maximum atomic E-state index is 13.6. The summed E-state index contributed by atoms with van der Waals surface area (Å²) in [6.07, 6.45) is 1.21. The van der Waals surface area contributed by atoms with Gasteiger partial charge in [-0.3, -0.25) is 4.68 Å². The van der Waals surface area contributed by atoms with Crippen molar-refractivity contribution in [1.29, 1.82) is 0 Å². The molecule has 0 spiro atoms. The highest BCUT2D eigenvalue weighted by Crippen LogP contribution is 2.21. The Morgan fingerprint density at radius 2 is 2.13 bits per heavy atom. The molecule has 0 amide bonds. The molecule has 0 radical (unpaired) electrons. The molecular formula is C17H23ClFN3O. The number of rotatable bonds is 8. The van der Waals surface area contributed by atoms with Crippen LogP contribution in [0.2, 0.25) is 5.15 Å². The van der Waals surface area contributed by atoms with E-state index in [-0.39, 0.29) is 6.54 Å². The van der Waals surface area contributed by atoms with E-state index in [1.165, 1.54) is 6.07 Å². The highest BCUT2D eigenvalue weighted by Gasteiger charge is 2.15. The van der Waals surface area contributed by atoms with Crippen LogP contribution < -0.4 is 5.32 Å². The highest BCUT2D eigenvalue weighted by atomic mass is 35.5. The Balaban J connectivity index is 1.94. The molecule has 23 heavy (non-hydrogen) atoms. The Bertz CT molecular complexity index is 645. The number of nitrogens with one attached hydrogen (secondary N) is 1. The molecule has 1 aromatic carbocycles. The first-order valence-electron chi connectivity index (χ1n) is 7.89. The molecule has 2 aromatic rings. The number of nitrogens with zero attached hydrogens (tertiary/aromatic N) is 2. The van der Waals surface area contributed by atoms with Crippen molar-refractivity contribution in [2.24, 2.45) is 0 Å². The second kappa shape index (κ2) is 8.43. The van der Waals surface area contributed by atoms with Gasteiger partial charge in [-0.1, -0.05) is 43.1 Å². The number of aliphatic hydroxyl groups excluding tert-OH is 1. The molecule has 1 atom stereocenters. The van der Waals surface area contributed by atoms with Gasteiger partial charge in [0, 0.05) is 30.8 Å². The van der Waals surface area contributed by atoms with Crippen molar-refractivity contribution in [3.63, 3.8) is 0 Å². The molecule has 0 saturated heterocycles. The Hall–Kier alpha value is -1.43. The Morgan fingerprint density at radius 1 is 1.39 bits per heavy atom. The third kappa shape index (κ3) is 4.53. The van der Waals surface area contributed by atoms with Crippen molar-refractivity contribution in [2.45, 2.75) is 45.9 Å². The van der Waals surface area contributed by atoms with E-state index < -0.39 is 11.9 Å². The maximum Gasteiger partial charge on any atom is 0.131 e. The van der Waals surface area contributed by atoms with E-state index in [0.29, 0.717) is 17.3 Å². The van der Waals surface area contributed by atoms with E-state index in [0.717, 1.165) is 30.6 Å². The monoisotopic (exact) mass is 339 g/mol. The fraction of sp³-hybridized carbons (Fsp3) is 0.471. The van der Waals surface area contributed by atoms with Gasteiger partial charge in [0.05, 0.1) is 11.8 Å². The molecule has 0 aliphatic rings. The second-order valence-electron chi connectivity index (χ2n) is 5.60. The zero-order valence-electron chi connectivity index (χ0n) is 13.5. The molecule has 0 bridgehead atoms. The third-order valence-corrected chi connectivity index (χ3v) is 4.23. The molecule has 0 saturated carbocycles. The standard InChI is InChI=1S/C17H23ClFN3O/c1-3-4-9-22-17(18)14(12(2)21-22)10-20-11-16(23)13-7-5-6-8-15(13)19/h5-8,16,20,23H,3-4,9-11H2,1-2H3. The van der Waals surface area contributed by atoms with Crippen molar-refractivity contribution < 1.29 is 9.50 Å². The van der Waals surface area contributed by atoms with E-state index in [1.807, 2.05) is 11.6 Å². The topological polar surface area (TPSA) is 50.1 Å². The molecule has 1 heterocycles. The zero-order chi connectivity index (χ0) is 16.8. The van der Waals surface area contributed by atoms with E-state index in [2.05, 4.69) is 17.3 Å². The Labute approximate surface area is 141 Å². The number of halogens is 2. The van der Waals surface area contributed by atoms with Crippen LogP contribution in [-0.2, 0) is 13.1 Å². The van der Waals surface area contributed by atoms with Crippen LogP contribution in [0.1, 0.15) is 42.7 Å². The smallest absolute Gasteiger partial charge is 0.131 e. The number of aromatic nitrogens is 2. The molecule has 6 heteroatoms. The van der Waals surface area contributed by atoms with Crippen LogP contribution in [0.25, 0.3) is 0 Å². The van der Waals surface area contributed by atoms with Crippen molar-refractivity contribution >= 4 is 11.6 Å². The first-order valence-corrected chi connectivity index (χ1v) is 8.27. The van der Waals surface area contributed by atoms with Gasteiger partial charge >= 0.3 is 0 Å². The molecule has 2 rings (SSSR count). The molecule has 126 valence electrons. The molecule has 4 nitrogen and oxygen atoms in total. The van der Waals surface area contributed by atoms with Crippen LogP contribution in [0, 0.1) is 12.7 Å². The summed E-state index contributed by atoms with van der Waals surface area (Å²) in [5.74, 6) is -0.400. The minimum atomic E-state index is -0.898. The lowest BCUT2D eigenvalue weighted by molar-refractivity contribution is 0.169. The Morgan fingerprint density at radius 3 is 2.83 bits per heavy atom. The van der Waals surface area contributed by atoms with Crippen molar-refractivity contribution in [3.05, 3.63) is 52.1 Å². The van der Waals surface area contributed by atoms with Gasteiger partial charge in [0.25, 0.3) is 0 Å². The predicted octanol–water partition coefficient (Wildman–Crippen LogP) is 3.61. The fourth-order valence-electron chi connectivity index (χ4n) is 2.44. The maximum absolute atomic E-state index is 13.6. The van der Waals surface area contributed by atoms with E-state index in [1.54, 1.807) is 18.2 Å². The van der Waals surface area contributed by atoms with Crippen molar-refractivity contribution in [2.75, 3.05) is 6.54 Å². The van der Waals surface area contributed by atoms with E-state index in [4.69, 9.17) is 11.6 Å². The van der Waals surface area contributed by atoms with Gasteiger partial charge in [0.2, 0.25) is 0 Å². The van der Waals surface area contributed by atoms with E-state index >= 15 is 0 Å². The minimum Gasteiger partial charge on any atom is -0.387 e. The van der Waals surface area contributed by atoms with Gasteiger partial charge in [0.1, 0.15) is 11.0 Å². The van der Waals surface area contributed by atoms with Gasteiger partial charge in [-0.25, -0.2) is 4.39 Å². The number of aliphatic hydroxyl groups is 1. The molecule has 0 aliphatic heterocycles. The average molecular weight is 340 g/mol. The summed E-state index contributed by atoms with van der Waals surface area (Å²) in [4.78, 5) is 0. The number of unbranched alkanes of at least 4 members (excludes halogenated alkanes) is 1. The first kappa shape index (κ1) is 17.9. The van der Waals surface area contributed by atoms with Gasteiger partial charge < -0.3 is 10.4 Å². The summed E-state index contributed by atoms with van der Waals surface area (Å²) in [7, 11) is 0. The lowest BCUT2D eigenvalue weighted by Gasteiger charge is -2.13. The van der Waals surface area contributed by atoms with Crippen LogP contribution in [0.3, 0.4) is 0 Å². The molecule has 1 unspecified atom stereocenters.